The number of carbonyl (C=O) groups excluding carboxylic acids is 1. The first-order valence-corrected chi connectivity index (χ1v) is 4.38. The third-order valence-electron chi connectivity index (χ3n) is 1.91. The molecular formula is C9H6F5N3O. The van der Waals surface area contributed by atoms with Crippen LogP contribution in [0.5, 0.6) is 0 Å². The normalized spacial score (nSPS) is 11.6. The van der Waals surface area contributed by atoms with Gasteiger partial charge in [-0.25, -0.2) is 32.2 Å². The minimum absolute atomic E-state index is 0.624. The van der Waals surface area contributed by atoms with Crippen molar-refractivity contribution in [2.75, 3.05) is 0 Å². The SMILES string of the molecule is CC(=NNC(N)=O)c1c(F)c(F)c(F)c(F)c1F. The summed E-state index contributed by atoms with van der Waals surface area (Å²) in [7, 11) is 0. The number of hydrazone groups is 1. The van der Waals surface area contributed by atoms with Gasteiger partial charge in [0.2, 0.25) is 5.82 Å². The summed E-state index contributed by atoms with van der Waals surface area (Å²) in [5, 5.41) is 3.08. The largest absolute Gasteiger partial charge is 0.350 e. The Kier molecular flexibility index (Phi) is 3.84. The average molecular weight is 267 g/mol. The van der Waals surface area contributed by atoms with Crippen molar-refractivity contribution in [3.8, 4) is 0 Å². The Bertz CT molecular complexity index is 514. The molecule has 0 aliphatic rings. The molecular weight excluding hydrogens is 261 g/mol. The Labute approximate surface area is 97.3 Å². The van der Waals surface area contributed by atoms with Gasteiger partial charge in [-0.1, -0.05) is 0 Å². The van der Waals surface area contributed by atoms with Crippen molar-refractivity contribution in [2.24, 2.45) is 10.8 Å². The van der Waals surface area contributed by atoms with E-state index in [2.05, 4.69) is 10.8 Å². The number of hydrogen-bond acceptors (Lipinski definition) is 2. The lowest BCUT2D eigenvalue weighted by molar-refractivity contribution is 0.249. The van der Waals surface area contributed by atoms with Crippen LogP contribution in [0.1, 0.15) is 12.5 Å². The zero-order valence-electron chi connectivity index (χ0n) is 8.82. The number of nitrogens with zero attached hydrogens (tertiary/aromatic N) is 1. The van der Waals surface area contributed by atoms with Crippen LogP contribution in [0.15, 0.2) is 5.10 Å². The van der Waals surface area contributed by atoms with Gasteiger partial charge in [0.15, 0.2) is 23.3 Å². The van der Waals surface area contributed by atoms with Crippen molar-refractivity contribution < 1.29 is 26.7 Å². The van der Waals surface area contributed by atoms with Crippen LogP contribution in [-0.2, 0) is 0 Å². The molecule has 0 radical (unpaired) electrons. The Morgan fingerprint density at radius 1 is 1.00 bits per heavy atom. The molecule has 0 saturated carbocycles. The van der Waals surface area contributed by atoms with Crippen molar-refractivity contribution in [3.63, 3.8) is 0 Å². The van der Waals surface area contributed by atoms with Gasteiger partial charge in [-0.05, 0) is 6.92 Å². The standard InChI is InChI=1S/C9H6F5N3O/c1-2(16-17-9(15)18)3-4(10)6(12)8(14)7(13)5(3)11/h1H3,(H3,15,17,18). The molecule has 9 heteroatoms. The number of benzene rings is 1. The molecule has 2 amide bonds. The first-order valence-electron chi connectivity index (χ1n) is 4.38. The van der Waals surface area contributed by atoms with E-state index >= 15 is 0 Å². The van der Waals surface area contributed by atoms with E-state index in [1.54, 1.807) is 5.43 Å². The Hall–Kier alpha value is -2.19. The summed E-state index contributed by atoms with van der Waals surface area (Å²) in [6, 6.07) is -1.15. The van der Waals surface area contributed by atoms with Gasteiger partial charge in [-0.2, -0.15) is 5.10 Å². The van der Waals surface area contributed by atoms with Crippen LogP contribution in [0.2, 0.25) is 0 Å². The van der Waals surface area contributed by atoms with Gasteiger partial charge in [0.1, 0.15) is 0 Å². The summed E-state index contributed by atoms with van der Waals surface area (Å²) in [6.45, 7) is 0.939. The summed E-state index contributed by atoms with van der Waals surface area (Å²) in [5.74, 6) is -10.6. The summed E-state index contributed by atoms with van der Waals surface area (Å²) in [6.07, 6.45) is 0. The monoisotopic (exact) mass is 267 g/mol. The maximum absolute atomic E-state index is 13.2. The van der Waals surface area contributed by atoms with E-state index in [1.165, 1.54) is 0 Å². The first-order chi connectivity index (χ1) is 8.27. The third-order valence-corrected chi connectivity index (χ3v) is 1.91. The number of hydrogen-bond donors (Lipinski definition) is 2. The number of carbonyl (C=O) groups is 1. The molecule has 0 spiro atoms. The minimum Gasteiger partial charge on any atom is -0.350 e. The van der Waals surface area contributed by atoms with E-state index in [-0.39, 0.29) is 0 Å². The van der Waals surface area contributed by atoms with Gasteiger partial charge in [0, 0.05) is 0 Å². The molecule has 18 heavy (non-hydrogen) atoms. The minimum atomic E-state index is -2.27. The fraction of sp³-hybridized carbons (Fsp3) is 0.111. The molecule has 0 bridgehead atoms. The van der Waals surface area contributed by atoms with Crippen LogP contribution in [0.25, 0.3) is 0 Å². The number of halogens is 5. The molecule has 0 saturated heterocycles. The lowest BCUT2D eigenvalue weighted by Gasteiger charge is -2.07. The quantitative estimate of drug-likeness (QED) is 0.277. The highest BCUT2D eigenvalue weighted by molar-refractivity contribution is 5.99. The number of urea groups is 1. The molecule has 3 N–H and O–H groups in total. The van der Waals surface area contributed by atoms with Crippen LogP contribution in [-0.4, -0.2) is 11.7 Å². The maximum Gasteiger partial charge on any atom is 0.332 e. The van der Waals surface area contributed by atoms with Crippen LogP contribution >= 0.6 is 0 Å². The lowest BCUT2D eigenvalue weighted by atomic mass is 10.1. The van der Waals surface area contributed by atoms with Crippen LogP contribution in [0, 0.1) is 29.1 Å². The predicted octanol–water partition coefficient (Wildman–Crippen LogP) is 1.77. The van der Waals surface area contributed by atoms with E-state index in [0.717, 1.165) is 6.92 Å². The van der Waals surface area contributed by atoms with Gasteiger partial charge >= 0.3 is 6.03 Å². The van der Waals surface area contributed by atoms with Gasteiger partial charge in [0.05, 0.1) is 11.3 Å². The molecule has 0 atom stereocenters. The highest BCUT2D eigenvalue weighted by Crippen LogP contribution is 2.23. The predicted molar refractivity (Wildman–Crippen MR) is 51.2 cm³/mol. The first kappa shape index (κ1) is 13.9. The van der Waals surface area contributed by atoms with E-state index in [9.17, 15) is 26.7 Å². The van der Waals surface area contributed by atoms with E-state index < -0.39 is 46.4 Å². The maximum atomic E-state index is 13.2. The van der Waals surface area contributed by atoms with Crippen LogP contribution < -0.4 is 11.2 Å². The average Bonchev–Trinajstić information content (AvgIpc) is 2.31. The molecule has 1 aromatic rings. The van der Waals surface area contributed by atoms with Crippen molar-refractivity contribution >= 4 is 11.7 Å². The zero-order chi connectivity index (χ0) is 14.0. The van der Waals surface area contributed by atoms with Crippen LogP contribution in [0.4, 0.5) is 26.7 Å². The second-order valence-corrected chi connectivity index (χ2v) is 3.12. The summed E-state index contributed by atoms with van der Waals surface area (Å²) in [4.78, 5) is 10.3. The summed E-state index contributed by atoms with van der Waals surface area (Å²) >= 11 is 0. The molecule has 0 unspecified atom stereocenters. The number of amides is 2. The second kappa shape index (κ2) is 4.98. The molecule has 4 nitrogen and oxygen atoms in total. The summed E-state index contributed by atoms with van der Waals surface area (Å²) < 4.78 is 64.8. The Morgan fingerprint density at radius 2 is 1.39 bits per heavy atom. The number of nitrogens with one attached hydrogen (secondary N) is 1. The second-order valence-electron chi connectivity index (χ2n) is 3.12. The molecule has 0 heterocycles. The van der Waals surface area contributed by atoms with Crippen molar-refractivity contribution in [2.45, 2.75) is 6.92 Å². The van der Waals surface area contributed by atoms with Gasteiger partial charge in [-0.3, -0.25) is 0 Å². The number of nitrogens with two attached hydrogens (primary N) is 1. The van der Waals surface area contributed by atoms with Gasteiger partial charge < -0.3 is 5.73 Å². The van der Waals surface area contributed by atoms with Crippen molar-refractivity contribution in [3.05, 3.63) is 34.6 Å². The molecule has 1 rings (SSSR count). The van der Waals surface area contributed by atoms with Crippen LogP contribution in [0.3, 0.4) is 0 Å². The number of primary amides is 1. The summed E-state index contributed by atoms with van der Waals surface area (Å²) in [5.41, 5.74) is 4.37. The molecule has 0 fully saturated rings. The van der Waals surface area contributed by atoms with E-state index in [1.807, 2.05) is 0 Å². The smallest absolute Gasteiger partial charge is 0.332 e. The van der Waals surface area contributed by atoms with Crippen molar-refractivity contribution in [1.29, 1.82) is 0 Å². The van der Waals surface area contributed by atoms with Gasteiger partial charge in [-0.15, -0.1) is 0 Å². The molecule has 98 valence electrons. The van der Waals surface area contributed by atoms with Gasteiger partial charge in [0.25, 0.3) is 0 Å². The highest BCUT2D eigenvalue weighted by atomic mass is 19.2. The third kappa shape index (κ3) is 2.39. The Balaban J connectivity index is 3.42. The fourth-order valence-electron chi connectivity index (χ4n) is 1.12. The number of rotatable bonds is 2. The van der Waals surface area contributed by atoms with E-state index in [0.29, 0.717) is 0 Å². The fourth-order valence-corrected chi connectivity index (χ4v) is 1.12. The Morgan fingerprint density at radius 3 is 1.78 bits per heavy atom. The molecule has 0 aromatic heterocycles. The molecule has 0 aliphatic heterocycles. The molecule has 1 aromatic carbocycles. The van der Waals surface area contributed by atoms with Crippen molar-refractivity contribution in [1.82, 2.24) is 5.43 Å². The lowest BCUT2D eigenvalue weighted by Crippen LogP contribution is -2.26. The highest BCUT2D eigenvalue weighted by Gasteiger charge is 2.27. The van der Waals surface area contributed by atoms with E-state index in [4.69, 9.17) is 0 Å². The topological polar surface area (TPSA) is 67.5 Å². The zero-order valence-corrected chi connectivity index (χ0v) is 8.82. The molecule has 0 aliphatic carbocycles.